The number of hydrogen-bond donors (Lipinski definition) is 3. The molecule has 0 aliphatic carbocycles. The maximum absolute atomic E-state index is 13.5. The van der Waals surface area contributed by atoms with Crippen LogP contribution in [0.2, 0.25) is 0 Å². The molecule has 148 valence electrons. The summed E-state index contributed by atoms with van der Waals surface area (Å²) in [6.07, 6.45) is 6.72. The summed E-state index contributed by atoms with van der Waals surface area (Å²) in [5.41, 5.74) is 3.02. The van der Waals surface area contributed by atoms with Crippen LogP contribution in [0, 0.1) is 5.82 Å². The van der Waals surface area contributed by atoms with Gasteiger partial charge >= 0.3 is 0 Å². The lowest BCUT2D eigenvalue weighted by molar-refractivity contribution is -0.124. The summed E-state index contributed by atoms with van der Waals surface area (Å²) in [6.45, 7) is 2.47. The number of hydroxylamine groups is 1. The first-order chi connectivity index (χ1) is 13.6. The number of anilines is 1. The van der Waals surface area contributed by atoms with Crippen LogP contribution in [0.15, 0.2) is 36.7 Å². The summed E-state index contributed by atoms with van der Waals surface area (Å²) in [7, 11) is 1.46. The summed E-state index contributed by atoms with van der Waals surface area (Å²) in [5, 5.41) is 11.8. The molecule has 0 radical (unpaired) electrons. The van der Waals surface area contributed by atoms with Crippen molar-refractivity contribution in [3.05, 3.63) is 53.7 Å². The Morgan fingerprint density at radius 1 is 1.43 bits per heavy atom. The lowest BCUT2D eigenvalue weighted by atomic mass is 10.2. The molecule has 3 rings (SSSR count). The zero-order valence-corrected chi connectivity index (χ0v) is 15.4. The zero-order chi connectivity index (χ0) is 19.9. The molecule has 0 unspecified atom stereocenters. The molecule has 2 heterocycles. The Hall–Kier alpha value is -3.04. The smallest absolute Gasteiger partial charge is 0.267 e. The Morgan fingerprint density at radius 2 is 2.29 bits per heavy atom. The normalized spacial score (nSPS) is 17.0. The van der Waals surface area contributed by atoms with E-state index >= 15 is 0 Å². The molecule has 1 aliphatic heterocycles. The molecule has 1 fully saturated rings. The van der Waals surface area contributed by atoms with Gasteiger partial charge in [0.25, 0.3) is 5.91 Å². The molecule has 1 atom stereocenters. The number of carbonyl (C=O) groups is 1. The Kier molecular flexibility index (Phi) is 6.51. The number of nitrogens with zero attached hydrogens (tertiary/aromatic N) is 3. The second kappa shape index (κ2) is 9.25. The van der Waals surface area contributed by atoms with Crippen LogP contribution < -0.4 is 15.5 Å². The molecule has 0 saturated carbocycles. The van der Waals surface area contributed by atoms with Gasteiger partial charge in [-0.1, -0.05) is 6.07 Å². The van der Waals surface area contributed by atoms with E-state index in [1.54, 1.807) is 24.5 Å². The molecule has 2 aromatic rings. The Balaban J connectivity index is 1.52. The van der Waals surface area contributed by atoms with Crippen molar-refractivity contribution in [2.45, 2.75) is 19.0 Å². The third-order valence-electron chi connectivity index (χ3n) is 4.43. The van der Waals surface area contributed by atoms with Crippen LogP contribution in [0.1, 0.15) is 17.7 Å². The first-order valence-corrected chi connectivity index (χ1v) is 8.83. The molecule has 28 heavy (non-hydrogen) atoms. The van der Waals surface area contributed by atoms with Gasteiger partial charge < -0.3 is 10.1 Å². The number of halogens is 1. The van der Waals surface area contributed by atoms with Crippen molar-refractivity contribution in [2.24, 2.45) is 0 Å². The minimum atomic E-state index is -0.631. The minimum absolute atomic E-state index is 0.234. The molecule has 1 aromatic carbocycles. The Labute approximate surface area is 162 Å². The van der Waals surface area contributed by atoms with E-state index in [0.29, 0.717) is 11.5 Å². The first kappa shape index (κ1) is 19.7. The van der Waals surface area contributed by atoms with E-state index in [1.165, 1.54) is 24.7 Å². The van der Waals surface area contributed by atoms with Gasteiger partial charge in [0.1, 0.15) is 5.82 Å². The summed E-state index contributed by atoms with van der Waals surface area (Å²) < 4.78 is 18.6. The maximum atomic E-state index is 13.5. The van der Waals surface area contributed by atoms with Gasteiger partial charge in [-0.05, 0) is 30.2 Å². The monoisotopic (exact) mass is 387 g/mol. The van der Waals surface area contributed by atoms with Crippen LogP contribution in [-0.4, -0.2) is 52.2 Å². The Morgan fingerprint density at radius 3 is 3.00 bits per heavy atom. The zero-order valence-electron chi connectivity index (χ0n) is 15.4. The molecule has 1 saturated heterocycles. The van der Waals surface area contributed by atoms with Crippen LogP contribution in [0.25, 0.3) is 6.08 Å². The lowest BCUT2D eigenvalue weighted by Gasteiger charge is -2.17. The van der Waals surface area contributed by atoms with Gasteiger partial charge in [-0.3, -0.25) is 19.9 Å². The third-order valence-corrected chi connectivity index (χ3v) is 4.43. The van der Waals surface area contributed by atoms with E-state index in [2.05, 4.69) is 20.2 Å². The topological polar surface area (TPSA) is 99.6 Å². The number of carbonyl (C=O) groups excluding carboxylic acids is 1. The van der Waals surface area contributed by atoms with Crippen molar-refractivity contribution in [3.63, 3.8) is 0 Å². The fraction of sp³-hybridized carbons (Fsp3) is 0.316. The number of hydrogen-bond acceptors (Lipinski definition) is 7. The Bertz CT molecular complexity index is 844. The van der Waals surface area contributed by atoms with E-state index in [9.17, 15) is 9.18 Å². The number of aromatic nitrogens is 2. The second-order valence-corrected chi connectivity index (χ2v) is 6.47. The number of nitrogens with one attached hydrogen (secondary N) is 2. The summed E-state index contributed by atoms with van der Waals surface area (Å²) in [5.74, 6) is -0.0822. The molecule has 1 amide bonds. The van der Waals surface area contributed by atoms with Crippen molar-refractivity contribution in [1.29, 1.82) is 0 Å². The number of likely N-dealkylation sites (tertiary alicyclic amines) is 1. The number of amides is 1. The van der Waals surface area contributed by atoms with E-state index in [1.807, 2.05) is 0 Å². The van der Waals surface area contributed by atoms with Crippen molar-refractivity contribution < 1.29 is 19.1 Å². The fourth-order valence-corrected chi connectivity index (χ4v) is 3.06. The number of benzene rings is 1. The highest BCUT2D eigenvalue weighted by Gasteiger charge is 2.23. The molecule has 0 spiro atoms. The van der Waals surface area contributed by atoms with Gasteiger partial charge in [-0.2, -0.15) is 0 Å². The quantitative estimate of drug-likeness (QED) is 0.379. The lowest BCUT2D eigenvalue weighted by Crippen LogP contribution is -2.26. The van der Waals surface area contributed by atoms with Crippen LogP contribution in [-0.2, 0) is 11.3 Å². The van der Waals surface area contributed by atoms with E-state index in [-0.39, 0.29) is 17.6 Å². The maximum Gasteiger partial charge on any atom is 0.267 e. The van der Waals surface area contributed by atoms with Gasteiger partial charge in [-0.25, -0.2) is 14.9 Å². The largest absolute Gasteiger partial charge is 0.494 e. The predicted molar refractivity (Wildman–Crippen MR) is 101 cm³/mol. The highest BCUT2D eigenvalue weighted by Crippen LogP contribution is 2.21. The van der Waals surface area contributed by atoms with Gasteiger partial charge in [0.2, 0.25) is 0 Å². The van der Waals surface area contributed by atoms with Crippen LogP contribution >= 0.6 is 0 Å². The summed E-state index contributed by atoms with van der Waals surface area (Å²) >= 11 is 0. The van der Waals surface area contributed by atoms with E-state index < -0.39 is 5.91 Å². The average molecular weight is 387 g/mol. The van der Waals surface area contributed by atoms with E-state index in [0.717, 1.165) is 37.7 Å². The molecule has 0 bridgehead atoms. The highest BCUT2D eigenvalue weighted by atomic mass is 19.1. The van der Waals surface area contributed by atoms with Crippen LogP contribution in [0.5, 0.6) is 5.75 Å². The standard InChI is InChI=1S/C19H22FN5O3/c1-28-17-8-13(2-4-16(17)20)11-25-7-6-15(12-25)23-18-10-21-14(9-22-18)3-5-19(26)24-27/h2-5,8-10,15,27H,6-7,11-12H2,1H3,(H,22,23)(H,24,26)/b5-3+/t15-/m1/s1. The summed E-state index contributed by atoms with van der Waals surface area (Å²) in [6, 6.07) is 5.16. The van der Waals surface area contributed by atoms with Crippen molar-refractivity contribution in [1.82, 2.24) is 20.3 Å². The van der Waals surface area contributed by atoms with Crippen molar-refractivity contribution >= 4 is 17.8 Å². The predicted octanol–water partition coefficient (Wildman–Crippen LogP) is 1.83. The molecular formula is C19H22FN5O3. The van der Waals surface area contributed by atoms with Gasteiger partial charge in [0.05, 0.1) is 25.2 Å². The summed E-state index contributed by atoms with van der Waals surface area (Å²) in [4.78, 5) is 21.7. The second-order valence-electron chi connectivity index (χ2n) is 6.47. The van der Waals surface area contributed by atoms with Crippen LogP contribution in [0.4, 0.5) is 10.2 Å². The fourth-order valence-electron chi connectivity index (χ4n) is 3.06. The molecule has 1 aromatic heterocycles. The number of methoxy groups -OCH3 is 1. The van der Waals surface area contributed by atoms with Gasteiger partial charge in [0, 0.05) is 31.8 Å². The molecular weight excluding hydrogens is 365 g/mol. The van der Waals surface area contributed by atoms with Gasteiger partial charge in [0.15, 0.2) is 11.6 Å². The molecule has 3 N–H and O–H groups in total. The average Bonchev–Trinajstić information content (AvgIpc) is 3.15. The van der Waals surface area contributed by atoms with Crippen LogP contribution in [0.3, 0.4) is 0 Å². The molecule has 9 heteroatoms. The third kappa shape index (κ3) is 5.24. The number of rotatable bonds is 7. The number of ether oxygens (including phenoxy) is 1. The SMILES string of the molecule is COc1cc(CN2CC[C@@H](Nc3cnc(/C=C/C(=O)NO)cn3)C2)ccc1F. The minimum Gasteiger partial charge on any atom is -0.494 e. The highest BCUT2D eigenvalue weighted by molar-refractivity contribution is 5.90. The van der Waals surface area contributed by atoms with Crippen molar-refractivity contribution in [3.8, 4) is 5.75 Å². The molecule has 8 nitrogen and oxygen atoms in total. The molecule has 1 aliphatic rings. The van der Waals surface area contributed by atoms with Gasteiger partial charge in [-0.15, -0.1) is 0 Å². The van der Waals surface area contributed by atoms with Crippen molar-refractivity contribution in [2.75, 3.05) is 25.5 Å². The first-order valence-electron chi connectivity index (χ1n) is 8.83. The van der Waals surface area contributed by atoms with E-state index in [4.69, 9.17) is 9.94 Å².